The normalized spacial score (nSPS) is 12.2. The van der Waals surface area contributed by atoms with Crippen molar-refractivity contribution in [1.29, 1.82) is 0 Å². The average Bonchev–Trinajstić information content (AvgIpc) is 2.47. The molecule has 0 bridgehead atoms. The molecule has 2 rings (SSSR count). The van der Waals surface area contributed by atoms with Crippen LogP contribution < -0.4 is 9.46 Å². The zero-order valence-corrected chi connectivity index (χ0v) is 12.6. The van der Waals surface area contributed by atoms with Crippen LogP contribution in [0.5, 0.6) is 5.75 Å². The van der Waals surface area contributed by atoms with Gasteiger partial charge in [-0.2, -0.15) is 0 Å². The van der Waals surface area contributed by atoms with Gasteiger partial charge in [-0.3, -0.25) is 0 Å². The highest BCUT2D eigenvalue weighted by atomic mass is 32.2. The molecule has 0 amide bonds. The maximum Gasteiger partial charge on any atom is 0.573 e. The van der Waals surface area contributed by atoms with E-state index in [2.05, 4.69) is 4.74 Å². The summed E-state index contributed by atoms with van der Waals surface area (Å²) in [6.07, 6.45) is -4.90. The molecule has 4 nitrogen and oxygen atoms in total. The van der Waals surface area contributed by atoms with Gasteiger partial charge in [0, 0.05) is 12.1 Å². The van der Waals surface area contributed by atoms with E-state index in [1.165, 1.54) is 0 Å². The van der Waals surface area contributed by atoms with Crippen LogP contribution in [-0.4, -0.2) is 14.8 Å². The van der Waals surface area contributed by atoms with Gasteiger partial charge in [-0.1, -0.05) is 0 Å². The van der Waals surface area contributed by atoms with E-state index >= 15 is 0 Å². The zero-order valence-electron chi connectivity index (χ0n) is 11.8. The molecule has 1 N–H and O–H groups in total. The van der Waals surface area contributed by atoms with Gasteiger partial charge in [0.15, 0.2) is 0 Å². The molecule has 0 saturated heterocycles. The third kappa shape index (κ3) is 4.90. The highest BCUT2D eigenvalue weighted by molar-refractivity contribution is 7.89. The summed E-state index contributed by atoms with van der Waals surface area (Å²) in [5.74, 6) is -2.12. The molecule has 0 aliphatic rings. The van der Waals surface area contributed by atoms with E-state index < -0.39 is 40.3 Å². The van der Waals surface area contributed by atoms with Gasteiger partial charge in [0.1, 0.15) is 17.4 Å². The van der Waals surface area contributed by atoms with E-state index in [9.17, 15) is 30.4 Å². The minimum absolute atomic E-state index is 0.212. The lowest BCUT2D eigenvalue weighted by Gasteiger charge is -2.10. The minimum atomic E-state index is -4.90. The molecule has 0 unspecified atom stereocenters. The highest BCUT2D eigenvalue weighted by Gasteiger charge is 2.31. The van der Waals surface area contributed by atoms with E-state index in [4.69, 9.17) is 0 Å². The van der Waals surface area contributed by atoms with Crippen molar-refractivity contribution in [3.63, 3.8) is 0 Å². The van der Waals surface area contributed by atoms with Gasteiger partial charge in [0.05, 0.1) is 4.90 Å². The van der Waals surface area contributed by atoms with Crippen LogP contribution in [-0.2, 0) is 16.6 Å². The number of ether oxygens (including phenoxy) is 1. The molecule has 0 aromatic heterocycles. The maximum atomic E-state index is 13.4. The first-order chi connectivity index (χ1) is 11.1. The van der Waals surface area contributed by atoms with Crippen LogP contribution in [0.4, 0.5) is 22.0 Å². The second kappa shape index (κ2) is 6.73. The molecule has 0 spiro atoms. The van der Waals surface area contributed by atoms with Crippen molar-refractivity contribution in [2.24, 2.45) is 0 Å². The SMILES string of the molecule is O=S(=O)(NCc1cc(F)ccc1F)c1ccc(OC(F)(F)F)cc1. The van der Waals surface area contributed by atoms with Crippen molar-refractivity contribution in [2.45, 2.75) is 17.8 Å². The van der Waals surface area contributed by atoms with Gasteiger partial charge in [-0.05, 0) is 42.5 Å². The molecule has 0 saturated carbocycles. The van der Waals surface area contributed by atoms with Gasteiger partial charge in [-0.25, -0.2) is 21.9 Å². The van der Waals surface area contributed by atoms with Crippen LogP contribution in [0.1, 0.15) is 5.56 Å². The fourth-order valence-corrected chi connectivity index (χ4v) is 2.76. The van der Waals surface area contributed by atoms with Crippen LogP contribution in [0.2, 0.25) is 0 Å². The molecular formula is C14H10F5NO3S. The first-order valence-corrected chi connectivity index (χ1v) is 7.84. The van der Waals surface area contributed by atoms with Crippen molar-refractivity contribution >= 4 is 10.0 Å². The Labute approximate surface area is 133 Å². The largest absolute Gasteiger partial charge is 0.573 e. The zero-order chi connectivity index (χ0) is 18.0. The van der Waals surface area contributed by atoms with Gasteiger partial charge < -0.3 is 4.74 Å². The first-order valence-electron chi connectivity index (χ1n) is 6.36. The second-order valence-electron chi connectivity index (χ2n) is 4.58. The van der Waals surface area contributed by atoms with Crippen molar-refractivity contribution < 1.29 is 35.1 Å². The van der Waals surface area contributed by atoms with Crippen LogP contribution >= 0.6 is 0 Å². The summed E-state index contributed by atoms with van der Waals surface area (Å²) >= 11 is 0. The summed E-state index contributed by atoms with van der Waals surface area (Å²) < 4.78 is 92.2. The molecule has 130 valence electrons. The number of hydrogen-bond donors (Lipinski definition) is 1. The van der Waals surface area contributed by atoms with Gasteiger partial charge in [-0.15, -0.1) is 13.2 Å². The monoisotopic (exact) mass is 367 g/mol. The Morgan fingerprint density at radius 3 is 2.21 bits per heavy atom. The summed E-state index contributed by atoms with van der Waals surface area (Å²) in [5, 5.41) is 0. The van der Waals surface area contributed by atoms with E-state index in [0.29, 0.717) is 0 Å². The van der Waals surface area contributed by atoms with Crippen molar-refractivity contribution in [2.75, 3.05) is 0 Å². The Bertz CT molecular complexity index is 819. The molecule has 0 radical (unpaired) electrons. The summed E-state index contributed by atoms with van der Waals surface area (Å²) in [5.41, 5.74) is -0.212. The Hall–Kier alpha value is -2.20. The minimum Gasteiger partial charge on any atom is -0.406 e. The van der Waals surface area contributed by atoms with Crippen LogP contribution in [0.3, 0.4) is 0 Å². The Balaban J connectivity index is 2.11. The third-order valence-corrected chi connectivity index (χ3v) is 4.25. The number of sulfonamides is 1. The Morgan fingerprint density at radius 2 is 1.62 bits per heavy atom. The standard InChI is InChI=1S/C14H10F5NO3S/c15-10-1-6-13(16)9(7-10)8-20-24(21,22)12-4-2-11(3-5-12)23-14(17,18)19/h1-7,20H,8H2. The molecule has 0 aliphatic heterocycles. The average molecular weight is 367 g/mol. The number of nitrogens with one attached hydrogen (secondary N) is 1. The quantitative estimate of drug-likeness (QED) is 0.825. The van der Waals surface area contributed by atoms with Crippen molar-refractivity contribution in [1.82, 2.24) is 4.72 Å². The molecule has 2 aromatic carbocycles. The Kier molecular flexibility index (Phi) is 5.09. The van der Waals surface area contributed by atoms with Gasteiger partial charge in [0.2, 0.25) is 10.0 Å². The van der Waals surface area contributed by atoms with E-state index in [0.717, 1.165) is 42.5 Å². The topological polar surface area (TPSA) is 55.4 Å². The lowest BCUT2D eigenvalue weighted by atomic mass is 10.2. The number of halogens is 5. The summed E-state index contributed by atoms with van der Waals surface area (Å²) in [4.78, 5) is -0.353. The number of hydrogen-bond acceptors (Lipinski definition) is 3. The molecular weight excluding hydrogens is 357 g/mol. The van der Waals surface area contributed by atoms with Gasteiger partial charge in [0.25, 0.3) is 0 Å². The highest BCUT2D eigenvalue weighted by Crippen LogP contribution is 2.24. The lowest BCUT2D eigenvalue weighted by Crippen LogP contribution is -2.24. The third-order valence-electron chi connectivity index (χ3n) is 2.83. The number of rotatable bonds is 5. The van der Waals surface area contributed by atoms with E-state index in [1.807, 2.05) is 4.72 Å². The maximum absolute atomic E-state index is 13.4. The smallest absolute Gasteiger partial charge is 0.406 e. The predicted molar refractivity (Wildman–Crippen MR) is 73.5 cm³/mol. The molecule has 0 heterocycles. The van der Waals surface area contributed by atoms with Crippen LogP contribution in [0, 0.1) is 11.6 Å². The van der Waals surface area contributed by atoms with E-state index in [-0.39, 0.29) is 10.5 Å². The summed E-state index contributed by atoms with van der Waals surface area (Å²) in [6, 6.07) is 6.00. The van der Waals surface area contributed by atoms with Gasteiger partial charge >= 0.3 is 6.36 Å². The van der Waals surface area contributed by atoms with E-state index in [1.54, 1.807) is 0 Å². The lowest BCUT2D eigenvalue weighted by molar-refractivity contribution is -0.274. The van der Waals surface area contributed by atoms with Crippen molar-refractivity contribution in [3.05, 3.63) is 59.7 Å². The fraction of sp³-hybridized carbons (Fsp3) is 0.143. The second-order valence-corrected chi connectivity index (χ2v) is 6.35. The van der Waals surface area contributed by atoms with Crippen LogP contribution in [0.25, 0.3) is 0 Å². The Morgan fingerprint density at radius 1 is 1.00 bits per heavy atom. The summed E-state index contributed by atoms with van der Waals surface area (Å²) in [7, 11) is -4.12. The number of alkyl halides is 3. The van der Waals surface area contributed by atoms with Crippen molar-refractivity contribution in [3.8, 4) is 5.75 Å². The molecule has 2 aromatic rings. The van der Waals surface area contributed by atoms with Crippen LogP contribution in [0.15, 0.2) is 47.4 Å². The molecule has 24 heavy (non-hydrogen) atoms. The number of benzene rings is 2. The molecule has 0 fully saturated rings. The fourth-order valence-electron chi connectivity index (χ4n) is 1.76. The summed E-state index contributed by atoms with van der Waals surface area (Å²) in [6.45, 7) is -0.521. The predicted octanol–water partition coefficient (Wildman–Crippen LogP) is 3.34. The molecule has 10 heteroatoms. The molecule has 0 atom stereocenters. The first kappa shape index (κ1) is 18.1. The molecule has 0 aliphatic carbocycles.